The summed E-state index contributed by atoms with van der Waals surface area (Å²) in [7, 11) is 1.63. The lowest BCUT2D eigenvalue weighted by Gasteiger charge is -2.30. The second-order valence-corrected chi connectivity index (χ2v) is 8.32. The lowest BCUT2D eigenvalue weighted by Crippen LogP contribution is -2.45. The van der Waals surface area contributed by atoms with Gasteiger partial charge in [-0.25, -0.2) is 0 Å². The van der Waals surface area contributed by atoms with Crippen molar-refractivity contribution in [2.75, 3.05) is 26.7 Å². The molecule has 148 valence electrons. The Morgan fingerprint density at radius 1 is 1.04 bits per heavy atom. The number of hydrogen-bond donors (Lipinski definition) is 3. The van der Waals surface area contributed by atoms with Crippen LogP contribution in [0, 0.1) is 5.92 Å². The standard InChI is InChI=1S/C19H39N3O3/c1-15(2)8-9-16(23)22-18(3,4)11-13-25-19(5,6)10-12-21-14-17(24)20-7/h15,21H,8-14H2,1-7H3,(H,20,24)(H,22,23). The van der Waals surface area contributed by atoms with Crippen LogP contribution < -0.4 is 16.0 Å². The molecule has 0 saturated heterocycles. The van der Waals surface area contributed by atoms with Crippen molar-refractivity contribution in [3.63, 3.8) is 0 Å². The monoisotopic (exact) mass is 357 g/mol. The highest BCUT2D eigenvalue weighted by Crippen LogP contribution is 2.17. The van der Waals surface area contributed by atoms with E-state index >= 15 is 0 Å². The fourth-order valence-corrected chi connectivity index (χ4v) is 2.26. The molecule has 0 unspecified atom stereocenters. The zero-order chi connectivity index (χ0) is 19.5. The quantitative estimate of drug-likeness (QED) is 0.442. The normalized spacial score (nSPS) is 12.3. The minimum absolute atomic E-state index is 0.0197. The minimum Gasteiger partial charge on any atom is -0.375 e. The predicted octanol–water partition coefficient (Wildman–Crippen LogP) is 2.23. The Hall–Kier alpha value is -1.14. The van der Waals surface area contributed by atoms with Crippen molar-refractivity contribution in [2.45, 2.75) is 78.4 Å². The molecule has 0 spiro atoms. The summed E-state index contributed by atoms with van der Waals surface area (Å²) in [6.07, 6.45) is 3.06. The summed E-state index contributed by atoms with van der Waals surface area (Å²) >= 11 is 0. The van der Waals surface area contributed by atoms with Gasteiger partial charge in [0.1, 0.15) is 0 Å². The van der Waals surface area contributed by atoms with Gasteiger partial charge in [0, 0.05) is 25.6 Å². The van der Waals surface area contributed by atoms with Crippen LogP contribution in [0.5, 0.6) is 0 Å². The fourth-order valence-electron chi connectivity index (χ4n) is 2.26. The van der Waals surface area contributed by atoms with E-state index in [2.05, 4.69) is 29.8 Å². The Morgan fingerprint density at radius 2 is 1.68 bits per heavy atom. The fraction of sp³-hybridized carbons (Fsp3) is 0.895. The third kappa shape index (κ3) is 13.8. The summed E-state index contributed by atoms with van der Waals surface area (Å²) in [4.78, 5) is 23.1. The average Bonchev–Trinajstić information content (AvgIpc) is 2.48. The van der Waals surface area contributed by atoms with Crippen molar-refractivity contribution in [3.05, 3.63) is 0 Å². The second kappa shape index (κ2) is 11.5. The second-order valence-electron chi connectivity index (χ2n) is 8.32. The summed E-state index contributed by atoms with van der Waals surface area (Å²) < 4.78 is 5.99. The van der Waals surface area contributed by atoms with E-state index in [9.17, 15) is 9.59 Å². The first-order valence-corrected chi connectivity index (χ1v) is 9.34. The van der Waals surface area contributed by atoms with E-state index in [-0.39, 0.29) is 23.0 Å². The first-order valence-electron chi connectivity index (χ1n) is 9.34. The van der Waals surface area contributed by atoms with Crippen molar-refractivity contribution in [1.29, 1.82) is 0 Å². The van der Waals surface area contributed by atoms with Crippen molar-refractivity contribution in [1.82, 2.24) is 16.0 Å². The highest BCUT2D eigenvalue weighted by atomic mass is 16.5. The number of hydrogen-bond acceptors (Lipinski definition) is 4. The van der Waals surface area contributed by atoms with Gasteiger partial charge in [0.2, 0.25) is 11.8 Å². The van der Waals surface area contributed by atoms with E-state index < -0.39 is 0 Å². The molecule has 0 fully saturated rings. The Bertz CT molecular complexity index is 407. The summed E-state index contributed by atoms with van der Waals surface area (Å²) in [5.74, 6) is 0.625. The molecular weight excluding hydrogens is 318 g/mol. The van der Waals surface area contributed by atoms with Crippen molar-refractivity contribution in [3.8, 4) is 0 Å². The van der Waals surface area contributed by atoms with Gasteiger partial charge in [-0.15, -0.1) is 0 Å². The molecule has 0 rings (SSSR count). The average molecular weight is 358 g/mol. The number of rotatable bonds is 13. The highest BCUT2D eigenvalue weighted by Gasteiger charge is 2.23. The van der Waals surface area contributed by atoms with Gasteiger partial charge in [-0.2, -0.15) is 0 Å². The van der Waals surface area contributed by atoms with Gasteiger partial charge in [-0.1, -0.05) is 13.8 Å². The molecule has 6 nitrogen and oxygen atoms in total. The lowest BCUT2D eigenvalue weighted by atomic mass is 9.99. The van der Waals surface area contributed by atoms with Crippen LogP contribution in [0.25, 0.3) is 0 Å². The predicted molar refractivity (Wildman–Crippen MR) is 102 cm³/mol. The SMILES string of the molecule is CNC(=O)CNCCC(C)(C)OCCC(C)(C)NC(=O)CCC(C)C. The molecule has 0 aliphatic rings. The highest BCUT2D eigenvalue weighted by molar-refractivity contribution is 5.77. The number of ether oxygens (including phenoxy) is 1. The lowest BCUT2D eigenvalue weighted by molar-refractivity contribution is -0.123. The van der Waals surface area contributed by atoms with Gasteiger partial charge in [0.05, 0.1) is 12.1 Å². The molecule has 0 aromatic rings. The molecule has 0 bridgehead atoms. The topological polar surface area (TPSA) is 79.5 Å². The molecule has 3 N–H and O–H groups in total. The molecule has 0 aliphatic carbocycles. The molecule has 0 aromatic heterocycles. The zero-order valence-electron chi connectivity index (χ0n) is 17.3. The molecule has 2 amide bonds. The van der Waals surface area contributed by atoms with Crippen LogP contribution in [-0.4, -0.2) is 49.7 Å². The molecule has 25 heavy (non-hydrogen) atoms. The number of carbonyl (C=O) groups excluding carboxylic acids is 2. The molecule has 6 heteroatoms. The Labute approximate surface area is 153 Å². The number of likely N-dealkylation sites (N-methyl/N-ethyl adjacent to an activating group) is 1. The molecule has 0 saturated carbocycles. The van der Waals surface area contributed by atoms with E-state index in [4.69, 9.17) is 4.74 Å². The first kappa shape index (κ1) is 23.9. The van der Waals surface area contributed by atoms with Gasteiger partial charge >= 0.3 is 0 Å². The summed E-state index contributed by atoms with van der Waals surface area (Å²) in [5, 5.41) is 8.77. The number of amides is 2. The van der Waals surface area contributed by atoms with Gasteiger partial charge in [0.15, 0.2) is 0 Å². The van der Waals surface area contributed by atoms with E-state index in [1.54, 1.807) is 7.05 Å². The largest absolute Gasteiger partial charge is 0.375 e. The molecule has 0 atom stereocenters. The number of carbonyl (C=O) groups is 2. The maximum Gasteiger partial charge on any atom is 0.233 e. The third-order valence-electron chi connectivity index (χ3n) is 4.11. The third-order valence-corrected chi connectivity index (χ3v) is 4.11. The van der Waals surface area contributed by atoms with Crippen LogP contribution in [0.1, 0.15) is 67.2 Å². The van der Waals surface area contributed by atoms with Crippen LogP contribution in [0.15, 0.2) is 0 Å². The van der Waals surface area contributed by atoms with E-state index in [1.807, 2.05) is 27.7 Å². The maximum absolute atomic E-state index is 12.0. The zero-order valence-corrected chi connectivity index (χ0v) is 17.3. The summed E-state index contributed by atoms with van der Waals surface area (Å²) in [5.41, 5.74) is -0.547. The Kier molecular flexibility index (Phi) is 10.9. The van der Waals surface area contributed by atoms with Crippen LogP contribution in [-0.2, 0) is 14.3 Å². The van der Waals surface area contributed by atoms with Crippen molar-refractivity contribution < 1.29 is 14.3 Å². The van der Waals surface area contributed by atoms with E-state index in [0.717, 1.165) is 25.8 Å². The maximum atomic E-state index is 12.0. The Morgan fingerprint density at radius 3 is 2.24 bits per heavy atom. The Balaban J connectivity index is 4.03. The van der Waals surface area contributed by atoms with E-state index in [1.165, 1.54) is 0 Å². The summed E-state index contributed by atoms with van der Waals surface area (Å²) in [6, 6.07) is 0. The van der Waals surface area contributed by atoms with Gasteiger partial charge < -0.3 is 20.7 Å². The van der Waals surface area contributed by atoms with E-state index in [0.29, 0.717) is 25.5 Å². The summed E-state index contributed by atoms with van der Waals surface area (Å²) in [6.45, 7) is 14.0. The smallest absolute Gasteiger partial charge is 0.233 e. The van der Waals surface area contributed by atoms with Crippen molar-refractivity contribution >= 4 is 11.8 Å². The molecule has 0 radical (unpaired) electrons. The molecule has 0 aliphatic heterocycles. The number of nitrogens with one attached hydrogen (secondary N) is 3. The first-order chi connectivity index (χ1) is 11.5. The van der Waals surface area contributed by atoms with Crippen LogP contribution in [0.2, 0.25) is 0 Å². The van der Waals surface area contributed by atoms with Gasteiger partial charge in [0.25, 0.3) is 0 Å². The minimum atomic E-state index is -0.276. The van der Waals surface area contributed by atoms with Gasteiger partial charge in [-0.3, -0.25) is 9.59 Å². The van der Waals surface area contributed by atoms with Crippen LogP contribution in [0.3, 0.4) is 0 Å². The molecular formula is C19H39N3O3. The molecule has 0 heterocycles. The van der Waals surface area contributed by atoms with Crippen LogP contribution in [0.4, 0.5) is 0 Å². The molecule has 0 aromatic carbocycles. The van der Waals surface area contributed by atoms with Crippen molar-refractivity contribution in [2.24, 2.45) is 5.92 Å². The van der Waals surface area contributed by atoms with Crippen LogP contribution >= 0.6 is 0 Å². The van der Waals surface area contributed by atoms with Gasteiger partial charge in [-0.05, 0) is 59.4 Å².